The molecule has 9 rings (SSSR count). The van der Waals surface area contributed by atoms with Crippen molar-refractivity contribution >= 4 is 46.7 Å². The van der Waals surface area contributed by atoms with E-state index in [9.17, 15) is 29.2 Å². The highest BCUT2D eigenvalue weighted by atomic mass is 35.5. The smallest absolute Gasteiger partial charge is 0.262 e. The number of amides is 4. The van der Waals surface area contributed by atoms with Gasteiger partial charge in [0.2, 0.25) is 11.8 Å². The molecule has 0 radical (unpaired) electrons. The Morgan fingerprint density at radius 1 is 0.919 bits per heavy atom. The molecule has 2 unspecified atom stereocenters. The highest BCUT2D eigenvalue weighted by molar-refractivity contribution is 6.31. The molecule has 4 fully saturated rings. The molecule has 2 atom stereocenters. The number of carbonyl (C=O) groups excluding carboxylic acids is 5. The third-order valence-electron chi connectivity index (χ3n) is 14.5. The van der Waals surface area contributed by atoms with Crippen LogP contribution in [0.1, 0.15) is 114 Å². The summed E-state index contributed by atoms with van der Waals surface area (Å²) >= 11 is 6.28. The molecule has 4 aliphatic heterocycles. The third-order valence-corrected chi connectivity index (χ3v) is 14.8. The van der Waals surface area contributed by atoms with Gasteiger partial charge in [0.1, 0.15) is 35.5 Å². The number of nitrogens with zero attached hydrogens (tertiary/aromatic N) is 5. The summed E-state index contributed by atoms with van der Waals surface area (Å²) in [6.45, 7) is 11.7. The van der Waals surface area contributed by atoms with Crippen molar-refractivity contribution in [2.45, 2.75) is 90.8 Å². The summed E-state index contributed by atoms with van der Waals surface area (Å²) in [5, 5.41) is 11.8. The highest BCUT2D eigenvalue weighted by Crippen LogP contribution is 2.62. The Balaban J connectivity index is 0.750. The second-order valence-corrected chi connectivity index (χ2v) is 19.3. The third kappa shape index (κ3) is 7.13. The molecule has 0 bridgehead atoms. The molecule has 12 nitrogen and oxygen atoms in total. The van der Waals surface area contributed by atoms with Crippen LogP contribution in [-0.2, 0) is 16.0 Å². The van der Waals surface area contributed by atoms with Crippen LogP contribution < -0.4 is 15.0 Å². The number of carbonyl (C=O) groups is 5. The van der Waals surface area contributed by atoms with E-state index >= 15 is 4.39 Å². The quantitative estimate of drug-likeness (QED) is 0.200. The van der Waals surface area contributed by atoms with Crippen LogP contribution in [0.4, 0.5) is 10.1 Å². The molecule has 1 N–H and O–H groups in total. The van der Waals surface area contributed by atoms with Gasteiger partial charge in [0.05, 0.1) is 33.1 Å². The number of hydrogen-bond donors (Lipinski definition) is 1. The summed E-state index contributed by atoms with van der Waals surface area (Å²) < 4.78 is 21.9. The zero-order valence-corrected chi connectivity index (χ0v) is 36.0. The van der Waals surface area contributed by atoms with E-state index in [2.05, 4.69) is 55.8 Å². The predicted molar refractivity (Wildman–Crippen MR) is 227 cm³/mol. The van der Waals surface area contributed by atoms with E-state index in [1.807, 2.05) is 17.0 Å². The minimum atomic E-state index is -1.11. The first kappa shape index (κ1) is 41.7. The molecule has 320 valence electrons. The fourth-order valence-corrected chi connectivity index (χ4v) is 11.6. The van der Waals surface area contributed by atoms with Crippen LogP contribution in [0.15, 0.2) is 42.5 Å². The topological polar surface area (TPSA) is 153 Å². The number of aromatic nitrogens is 1. The van der Waals surface area contributed by atoms with Gasteiger partial charge >= 0.3 is 0 Å². The van der Waals surface area contributed by atoms with Gasteiger partial charge in [-0.1, -0.05) is 45.2 Å². The summed E-state index contributed by atoms with van der Waals surface area (Å²) in [5.41, 5.74) is 2.60. The number of Topliss-reactive ketones (excluding diaryl/α,β-unsaturated/α-hetero) is 1. The Labute approximate surface area is 365 Å². The van der Waals surface area contributed by atoms with Gasteiger partial charge in [-0.15, -0.1) is 0 Å². The second kappa shape index (κ2) is 15.6. The zero-order chi connectivity index (χ0) is 43.8. The Morgan fingerprint density at radius 3 is 2.31 bits per heavy atom. The van der Waals surface area contributed by atoms with Gasteiger partial charge in [-0.3, -0.25) is 39.1 Å². The number of ether oxygens (including phenoxy) is 1. The molecule has 6 aliphatic rings. The lowest BCUT2D eigenvalue weighted by Crippen LogP contribution is -2.65. The molecule has 5 heterocycles. The van der Waals surface area contributed by atoms with Gasteiger partial charge in [-0.25, -0.2) is 9.37 Å². The molecular formula is C48H48ClFN6O6. The average Bonchev–Trinajstić information content (AvgIpc) is 3.65. The summed E-state index contributed by atoms with van der Waals surface area (Å²) in [6, 6.07) is 12.7. The maximum Gasteiger partial charge on any atom is 0.262 e. The Kier molecular flexibility index (Phi) is 10.5. The van der Waals surface area contributed by atoms with Gasteiger partial charge < -0.3 is 9.64 Å². The Morgan fingerprint density at radius 2 is 1.63 bits per heavy atom. The number of nitriles is 1. The van der Waals surface area contributed by atoms with Gasteiger partial charge in [0, 0.05) is 79.4 Å². The van der Waals surface area contributed by atoms with Crippen LogP contribution in [0.5, 0.6) is 5.75 Å². The Bertz CT molecular complexity index is 2530. The van der Waals surface area contributed by atoms with Gasteiger partial charge in [0.15, 0.2) is 5.78 Å². The number of imide groups is 2. The normalized spacial score (nSPS) is 25.6. The van der Waals surface area contributed by atoms with E-state index in [-0.39, 0.29) is 64.2 Å². The SMILES string of the molecule is CC1(C)C(CCC2Cc3nc(C#CC4CN(C5CCN(c6cc7c(cc6F)C(=O)N(C6CCC(=O)NC6=O)C7=O)CC5)C4)ccc3C2=O)C(C)(C)C1Oc1ccc(C#N)c(Cl)c1. The van der Waals surface area contributed by atoms with E-state index < -0.39 is 35.5 Å². The number of rotatable bonds is 8. The first-order valence-corrected chi connectivity index (χ1v) is 21.9. The lowest BCUT2D eigenvalue weighted by Gasteiger charge is -2.63. The van der Waals surface area contributed by atoms with Crippen molar-refractivity contribution in [3.8, 4) is 23.7 Å². The van der Waals surface area contributed by atoms with Crippen molar-refractivity contribution in [2.24, 2.45) is 28.6 Å². The average molecular weight is 859 g/mol. The second-order valence-electron chi connectivity index (χ2n) is 18.9. The summed E-state index contributed by atoms with van der Waals surface area (Å²) in [4.78, 5) is 74.0. The molecule has 1 saturated carbocycles. The van der Waals surface area contributed by atoms with Crippen LogP contribution in [0.3, 0.4) is 0 Å². The van der Waals surface area contributed by atoms with E-state index in [0.717, 1.165) is 55.4 Å². The molecule has 3 saturated heterocycles. The fourth-order valence-electron chi connectivity index (χ4n) is 11.4. The zero-order valence-electron chi connectivity index (χ0n) is 35.2. The summed E-state index contributed by atoms with van der Waals surface area (Å²) in [6.07, 6.45) is 3.86. The van der Waals surface area contributed by atoms with E-state index in [4.69, 9.17) is 21.3 Å². The Hall–Kier alpha value is -5.63. The number of nitrogens with one attached hydrogen (secondary N) is 1. The van der Waals surface area contributed by atoms with E-state index in [1.165, 1.54) is 6.07 Å². The van der Waals surface area contributed by atoms with Crippen LogP contribution in [0.2, 0.25) is 5.02 Å². The van der Waals surface area contributed by atoms with Crippen LogP contribution in [0, 0.1) is 57.6 Å². The number of halogens is 2. The van der Waals surface area contributed by atoms with Crippen molar-refractivity contribution in [1.82, 2.24) is 20.1 Å². The van der Waals surface area contributed by atoms with Crippen LogP contribution in [-0.4, -0.2) is 88.6 Å². The summed E-state index contributed by atoms with van der Waals surface area (Å²) in [7, 11) is 0. The minimum absolute atomic E-state index is 0.0123. The van der Waals surface area contributed by atoms with Crippen molar-refractivity contribution in [1.29, 1.82) is 5.26 Å². The maximum atomic E-state index is 15.5. The molecule has 4 amide bonds. The predicted octanol–water partition coefficient (Wildman–Crippen LogP) is 6.36. The molecule has 14 heteroatoms. The first-order valence-electron chi connectivity index (χ1n) is 21.5. The number of piperidine rings is 2. The molecule has 1 aromatic heterocycles. The monoisotopic (exact) mass is 858 g/mol. The molecular weight excluding hydrogens is 811 g/mol. The lowest BCUT2D eigenvalue weighted by molar-refractivity contribution is -0.201. The van der Waals surface area contributed by atoms with Crippen LogP contribution >= 0.6 is 11.6 Å². The van der Waals surface area contributed by atoms with Crippen molar-refractivity contribution in [3.05, 3.63) is 86.9 Å². The van der Waals surface area contributed by atoms with Gasteiger partial charge in [0.25, 0.3) is 11.8 Å². The minimum Gasteiger partial charge on any atom is -0.489 e. The fraction of sp³-hybridized carbons (Fsp3) is 0.479. The number of pyridine rings is 1. The molecule has 0 spiro atoms. The molecule has 2 aliphatic carbocycles. The lowest BCUT2D eigenvalue weighted by atomic mass is 9.44. The molecule has 3 aromatic rings. The van der Waals surface area contributed by atoms with Crippen molar-refractivity contribution in [3.63, 3.8) is 0 Å². The van der Waals surface area contributed by atoms with Crippen LogP contribution in [0.25, 0.3) is 0 Å². The van der Waals surface area contributed by atoms with E-state index in [1.54, 1.807) is 18.2 Å². The number of benzene rings is 2. The molecule has 2 aromatic carbocycles. The number of likely N-dealkylation sites (tertiary alicyclic amines) is 1. The van der Waals surface area contributed by atoms with Gasteiger partial charge in [-0.05, 0) is 80.3 Å². The standard InChI is InChI=1S/C48H48ClFN6O6/c1-47(2)40(48(3,4)46(47)62-31-10-6-28(23-51)35(49)20-31)13-7-27-19-37-32(42(27)58)11-9-29(52-37)8-5-26-24-55(25-26)30-15-17-54(18-16-30)39-22-34-33(21-36(39)50)44(60)56(45(34)61)38-12-14-41(57)53-43(38)59/h6,9-11,20-22,26-27,30,38,40,46H,7,12-19,24-25H2,1-4H3,(H,53,57,59). The summed E-state index contributed by atoms with van der Waals surface area (Å²) in [5.74, 6) is 4.74. The number of hydrogen-bond acceptors (Lipinski definition) is 10. The number of ketones is 1. The van der Waals surface area contributed by atoms with E-state index in [0.29, 0.717) is 59.1 Å². The van der Waals surface area contributed by atoms with Crippen molar-refractivity contribution < 1.29 is 33.1 Å². The highest BCUT2D eigenvalue weighted by Gasteiger charge is 2.63. The maximum absolute atomic E-state index is 15.5. The van der Waals surface area contributed by atoms with Gasteiger partial charge in [-0.2, -0.15) is 5.26 Å². The molecule has 62 heavy (non-hydrogen) atoms. The number of fused-ring (bicyclic) bond motifs is 2. The van der Waals surface area contributed by atoms with Crippen molar-refractivity contribution in [2.75, 3.05) is 31.1 Å². The largest absolute Gasteiger partial charge is 0.489 e. The number of anilines is 1. The first-order chi connectivity index (χ1) is 29.5.